The molecule has 268 valence electrons. The van der Waals surface area contributed by atoms with Gasteiger partial charge in [-0.05, 0) is 60.7 Å². The van der Waals surface area contributed by atoms with Gasteiger partial charge in [-0.1, -0.05) is 53.3 Å². The largest absolute Gasteiger partial charge is 0.468 e. The van der Waals surface area contributed by atoms with Crippen molar-refractivity contribution in [3.05, 3.63) is 82.5 Å². The van der Waals surface area contributed by atoms with Gasteiger partial charge in [-0.2, -0.15) is 4.63 Å². The predicted octanol–water partition coefficient (Wildman–Crippen LogP) is 7.13. The van der Waals surface area contributed by atoms with E-state index in [2.05, 4.69) is 45.7 Å². The van der Waals surface area contributed by atoms with Crippen molar-refractivity contribution < 1.29 is 27.7 Å². The molecule has 0 saturated carbocycles. The minimum atomic E-state index is -4.20. The summed E-state index contributed by atoms with van der Waals surface area (Å²) in [7, 11) is -2.99. The SMILES string of the molecule is COC(=O)CSc1ccc(S(=O)(=O)Nc2ccc(-c3nc4c(Sc5ccc(NC(=O)C(C)(C)C)cc5)c(C(C)(C)C)[nH]n4n3)cc2)cc1[N+](=O)[O-]. The summed E-state index contributed by atoms with van der Waals surface area (Å²) in [4.78, 5) is 41.4. The third-order valence-electron chi connectivity index (χ3n) is 7.42. The van der Waals surface area contributed by atoms with Crippen LogP contribution in [0.25, 0.3) is 17.0 Å². The lowest BCUT2D eigenvalue weighted by atomic mass is 9.92. The van der Waals surface area contributed by atoms with Crippen molar-refractivity contribution in [3.8, 4) is 11.4 Å². The molecule has 0 saturated heterocycles. The molecule has 2 heterocycles. The molecule has 0 unspecified atom stereocenters. The Bertz CT molecular complexity index is 2220. The summed E-state index contributed by atoms with van der Waals surface area (Å²) in [6, 6.07) is 17.5. The number of thioether (sulfide) groups is 1. The predicted molar refractivity (Wildman–Crippen MR) is 197 cm³/mol. The standard InChI is InChI=1S/C34H37N7O7S3/c1-33(2,3)29-28(50-23-14-12-21(13-15-23)35-32(43)34(4,5)6)31-36-30(38-40(31)37-29)20-8-10-22(11-9-20)39-51(46,47)24-16-17-26(25(18-24)41(44)45)49-19-27(42)48-7/h8-18,37,39H,19H2,1-7H3,(H,35,43). The van der Waals surface area contributed by atoms with Crippen LogP contribution in [0, 0.1) is 15.5 Å². The number of carbonyl (C=O) groups excluding carboxylic acids is 2. The number of hydrogen-bond acceptors (Lipinski definition) is 11. The Morgan fingerprint density at radius 1 is 0.980 bits per heavy atom. The maximum atomic E-state index is 13.2. The quantitative estimate of drug-likeness (QED) is 0.0538. The Morgan fingerprint density at radius 3 is 2.22 bits per heavy atom. The van der Waals surface area contributed by atoms with Crippen molar-refractivity contribution in [2.24, 2.45) is 5.41 Å². The molecule has 17 heteroatoms. The van der Waals surface area contributed by atoms with Crippen LogP contribution in [0.5, 0.6) is 0 Å². The number of nitrogens with zero attached hydrogens (tertiary/aromatic N) is 4. The summed E-state index contributed by atoms with van der Waals surface area (Å²) in [6.07, 6.45) is 0. The van der Waals surface area contributed by atoms with Crippen LogP contribution in [0.4, 0.5) is 17.1 Å². The molecular weight excluding hydrogens is 715 g/mol. The number of hydrogen-bond donors (Lipinski definition) is 3. The number of amides is 1. The fourth-order valence-corrected chi connectivity index (χ4v) is 7.70. The number of esters is 1. The van der Waals surface area contributed by atoms with E-state index in [-0.39, 0.29) is 32.6 Å². The van der Waals surface area contributed by atoms with Gasteiger partial charge >= 0.3 is 5.97 Å². The molecule has 0 aliphatic rings. The fourth-order valence-electron chi connectivity index (χ4n) is 4.60. The zero-order valence-corrected chi connectivity index (χ0v) is 31.4. The molecule has 0 aliphatic carbocycles. The van der Waals surface area contributed by atoms with Crippen molar-refractivity contribution in [3.63, 3.8) is 0 Å². The molecule has 51 heavy (non-hydrogen) atoms. The van der Waals surface area contributed by atoms with Crippen LogP contribution >= 0.6 is 23.5 Å². The Balaban J connectivity index is 1.36. The first-order chi connectivity index (χ1) is 23.9. The Labute approximate surface area is 303 Å². The molecule has 0 bridgehead atoms. The van der Waals surface area contributed by atoms with Crippen LogP contribution in [0.1, 0.15) is 47.2 Å². The van der Waals surface area contributed by atoms with E-state index in [9.17, 15) is 28.1 Å². The number of sulfonamides is 1. The smallest absolute Gasteiger partial charge is 0.315 e. The van der Waals surface area contributed by atoms with Gasteiger partial charge in [-0.3, -0.25) is 29.5 Å². The number of nitro benzene ring substituents is 1. The van der Waals surface area contributed by atoms with Gasteiger partial charge in [0, 0.05) is 38.7 Å². The number of fused-ring (bicyclic) bond motifs is 1. The molecule has 5 rings (SSSR count). The number of anilines is 2. The van der Waals surface area contributed by atoms with Gasteiger partial charge in [0.1, 0.15) is 0 Å². The van der Waals surface area contributed by atoms with Gasteiger partial charge in [-0.15, -0.1) is 16.9 Å². The molecule has 14 nitrogen and oxygen atoms in total. The Morgan fingerprint density at radius 2 is 1.63 bits per heavy atom. The maximum absolute atomic E-state index is 13.2. The lowest BCUT2D eigenvalue weighted by molar-refractivity contribution is -0.388. The highest BCUT2D eigenvalue weighted by atomic mass is 32.2. The van der Waals surface area contributed by atoms with Crippen LogP contribution in [-0.2, 0) is 29.8 Å². The van der Waals surface area contributed by atoms with Crippen molar-refractivity contribution in [1.82, 2.24) is 19.8 Å². The van der Waals surface area contributed by atoms with Crippen molar-refractivity contribution in [2.75, 3.05) is 22.9 Å². The molecule has 2 aromatic heterocycles. The molecular formula is C34H37N7O7S3. The fraction of sp³-hybridized carbons (Fsp3) is 0.294. The van der Waals surface area contributed by atoms with Crippen molar-refractivity contribution >= 4 is 68.1 Å². The summed E-state index contributed by atoms with van der Waals surface area (Å²) >= 11 is 2.40. The second kappa shape index (κ2) is 14.4. The third kappa shape index (κ3) is 8.72. The molecule has 0 radical (unpaired) electrons. The number of nitrogens with one attached hydrogen (secondary N) is 3. The highest BCUT2D eigenvalue weighted by Gasteiger charge is 2.27. The molecule has 5 aromatic rings. The molecule has 0 atom stereocenters. The van der Waals surface area contributed by atoms with E-state index in [0.717, 1.165) is 33.3 Å². The number of aromatic nitrogens is 4. The Hall–Kier alpha value is -4.87. The first kappa shape index (κ1) is 37.4. The zero-order valence-electron chi connectivity index (χ0n) is 28.9. The van der Waals surface area contributed by atoms with Gasteiger partial charge < -0.3 is 10.1 Å². The molecule has 0 aliphatic heterocycles. The molecule has 0 fully saturated rings. The number of nitro groups is 1. The first-order valence-corrected chi connectivity index (χ1v) is 18.8. The lowest BCUT2D eigenvalue weighted by Gasteiger charge is -2.18. The summed E-state index contributed by atoms with van der Waals surface area (Å²) in [5, 5.41) is 22.6. The van der Waals surface area contributed by atoms with Gasteiger partial charge in [0.05, 0.1) is 38.2 Å². The van der Waals surface area contributed by atoms with E-state index >= 15 is 0 Å². The average Bonchev–Trinajstić information content (AvgIpc) is 3.63. The summed E-state index contributed by atoms with van der Waals surface area (Å²) < 4.78 is 35.0. The molecule has 1 amide bonds. The average molecular weight is 752 g/mol. The van der Waals surface area contributed by atoms with Gasteiger partial charge in [-0.25, -0.2) is 13.4 Å². The van der Waals surface area contributed by atoms with Crippen molar-refractivity contribution in [1.29, 1.82) is 0 Å². The van der Waals surface area contributed by atoms with Crippen LogP contribution < -0.4 is 10.0 Å². The molecule has 0 spiro atoms. The monoisotopic (exact) mass is 751 g/mol. The Kier molecular flexibility index (Phi) is 10.6. The second-order valence-corrected chi connectivity index (χ2v) is 17.3. The van der Waals surface area contributed by atoms with Crippen LogP contribution in [0.3, 0.4) is 0 Å². The number of methoxy groups -OCH3 is 1. The van der Waals surface area contributed by atoms with Crippen LogP contribution in [0.15, 0.2) is 86.3 Å². The van der Waals surface area contributed by atoms with Crippen LogP contribution in [-0.4, -0.2) is 57.9 Å². The lowest BCUT2D eigenvalue weighted by Crippen LogP contribution is -2.27. The van der Waals surface area contributed by atoms with E-state index in [1.54, 1.807) is 28.9 Å². The number of carbonyl (C=O) groups is 2. The van der Waals surface area contributed by atoms with Gasteiger partial charge in [0.2, 0.25) is 5.91 Å². The number of benzene rings is 3. The molecule has 3 N–H and O–H groups in total. The van der Waals surface area contributed by atoms with Crippen molar-refractivity contribution in [2.45, 2.75) is 66.5 Å². The number of H-pyrrole nitrogens is 1. The van der Waals surface area contributed by atoms with Gasteiger partial charge in [0.15, 0.2) is 11.5 Å². The normalized spacial score (nSPS) is 12.1. The number of aromatic amines is 1. The topological polar surface area (TPSA) is 191 Å². The minimum absolute atomic E-state index is 0.0722. The second-order valence-electron chi connectivity index (χ2n) is 13.5. The van der Waals surface area contributed by atoms with E-state index in [4.69, 9.17) is 4.98 Å². The highest BCUT2D eigenvalue weighted by molar-refractivity contribution is 8.00. The van der Waals surface area contributed by atoms with E-state index < -0.39 is 32.0 Å². The van der Waals surface area contributed by atoms with E-state index in [1.165, 1.54) is 31.0 Å². The third-order valence-corrected chi connectivity index (χ3v) is 10.9. The van der Waals surface area contributed by atoms with Gasteiger partial charge in [0.25, 0.3) is 15.7 Å². The minimum Gasteiger partial charge on any atom is -0.468 e. The number of rotatable bonds is 11. The zero-order chi connectivity index (χ0) is 37.3. The highest BCUT2D eigenvalue weighted by Crippen LogP contribution is 2.39. The van der Waals surface area contributed by atoms with Crippen LogP contribution in [0.2, 0.25) is 0 Å². The summed E-state index contributed by atoms with van der Waals surface area (Å²) in [5.41, 5.74) is 1.90. The first-order valence-electron chi connectivity index (χ1n) is 15.6. The van der Waals surface area contributed by atoms with E-state index in [0.29, 0.717) is 22.7 Å². The summed E-state index contributed by atoms with van der Waals surface area (Å²) in [6.45, 7) is 11.8. The summed E-state index contributed by atoms with van der Waals surface area (Å²) in [5.74, 6) is -0.397. The molecule has 3 aromatic carbocycles. The maximum Gasteiger partial charge on any atom is 0.315 e. The van der Waals surface area contributed by atoms with E-state index in [1.807, 2.05) is 45.0 Å². The number of ether oxygens (including phenoxy) is 1.